The van der Waals surface area contributed by atoms with Crippen molar-refractivity contribution in [3.05, 3.63) is 162 Å². The van der Waals surface area contributed by atoms with Crippen LogP contribution in [0.5, 0.6) is 0 Å². The Morgan fingerprint density at radius 3 is 1.39 bits per heavy atom. The predicted molar refractivity (Wildman–Crippen MR) is 253 cm³/mol. The summed E-state index contributed by atoms with van der Waals surface area (Å²) in [6, 6.07) is 43.2. The van der Waals surface area contributed by atoms with Crippen LogP contribution < -0.4 is 10.6 Å². The van der Waals surface area contributed by atoms with Gasteiger partial charge in [-0.1, -0.05) is 121 Å². The van der Waals surface area contributed by atoms with Crippen molar-refractivity contribution in [3.63, 3.8) is 0 Å². The van der Waals surface area contributed by atoms with Crippen LogP contribution in [-0.2, 0) is 19.3 Å². The zero-order chi connectivity index (χ0) is 45.3. The van der Waals surface area contributed by atoms with E-state index in [1.54, 1.807) is 12.7 Å². The van der Waals surface area contributed by atoms with Gasteiger partial charge in [0, 0.05) is 44.4 Å². The molecule has 0 spiro atoms. The second kappa shape index (κ2) is 20.4. The lowest BCUT2D eigenvalue weighted by atomic mass is 9.91. The summed E-state index contributed by atoms with van der Waals surface area (Å²) in [5, 5.41) is 16.1. The Morgan fingerprint density at radius 2 is 1.02 bits per heavy atom. The maximum absolute atomic E-state index is 12.4. The number of sulfone groups is 1. The smallest absolute Gasteiger partial charge is 0.250 e. The fourth-order valence-corrected chi connectivity index (χ4v) is 9.09. The van der Waals surface area contributed by atoms with E-state index in [1.165, 1.54) is 11.1 Å². The van der Waals surface area contributed by atoms with Gasteiger partial charge in [0.2, 0.25) is 15.7 Å². The minimum atomic E-state index is -3.63. The number of nitrogens with one attached hydrogen (secondary N) is 2. The summed E-state index contributed by atoms with van der Waals surface area (Å²) in [6.07, 6.45) is 10.2. The molecule has 336 valence electrons. The van der Waals surface area contributed by atoms with Crippen molar-refractivity contribution in [2.24, 2.45) is 0 Å². The molecule has 2 N–H and O–H groups in total. The highest BCUT2D eigenvalue weighted by Crippen LogP contribution is 2.32. The number of imidazole rings is 2. The molecule has 10 rings (SSSR count). The number of aromatic nitrogens is 8. The molecule has 0 aliphatic carbocycles. The summed E-state index contributed by atoms with van der Waals surface area (Å²) in [5.74, 6) is 1.25. The van der Waals surface area contributed by atoms with Gasteiger partial charge in [-0.2, -0.15) is 25.2 Å². The molecule has 4 aromatic carbocycles. The molecular formula is C50H51N11O4S. The second-order valence-corrected chi connectivity index (χ2v) is 18.3. The first kappa shape index (κ1) is 44.2. The molecule has 2 fully saturated rings. The number of rotatable bonds is 13. The van der Waals surface area contributed by atoms with Gasteiger partial charge in [-0.05, 0) is 60.8 Å². The number of nitriles is 1. The number of benzene rings is 4. The van der Waals surface area contributed by atoms with Gasteiger partial charge in [0.1, 0.15) is 18.5 Å². The Hall–Kier alpha value is -7.06. The molecule has 4 aromatic heterocycles. The highest BCUT2D eigenvalue weighted by Gasteiger charge is 2.26. The first-order chi connectivity index (χ1) is 32.3. The van der Waals surface area contributed by atoms with Gasteiger partial charge in [0.15, 0.2) is 34.0 Å². The van der Waals surface area contributed by atoms with Crippen LogP contribution in [0.4, 0.5) is 11.6 Å². The maximum atomic E-state index is 12.4. The van der Waals surface area contributed by atoms with Gasteiger partial charge < -0.3 is 20.1 Å². The average Bonchev–Trinajstić information content (AvgIpc) is 4.01. The summed E-state index contributed by atoms with van der Waals surface area (Å²) < 4.78 is 40.4. The van der Waals surface area contributed by atoms with Crippen LogP contribution in [0, 0.1) is 11.3 Å². The van der Waals surface area contributed by atoms with Gasteiger partial charge >= 0.3 is 0 Å². The Labute approximate surface area is 383 Å². The molecule has 2 saturated heterocycles. The van der Waals surface area contributed by atoms with Crippen molar-refractivity contribution >= 4 is 43.8 Å². The topological polar surface area (TPSA) is 188 Å². The third-order valence-electron chi connectivity index (χ3n) is 11.9. The molecule has 0 saturated carbocycles. The van der Waals surface area contributed by atoms with Crippen molar-refractivity contribution in [1.82, 2.24) is 39.0 Å². The van der Waals surface area contributed by atoms with Gasteiger partial charge in [-0.15, -0.1) is 0 Å². The van der Waals surface area contributed by atoms with E-state index < -0.39 is 9.84 Å². The van der Waals surface area contributed by atoms with Crippen LogP contribution in [0.1, 0.15) is 90.9 Å². The molecule has 2 aliphatic heterocycles. The normalized spacial score (nSPS) is 16.5. The van der Waals surface area contributed by atoms with Crippen LogP contribution >= 0.6 is 0 Å². The SMILES string of the molecule is CS(=O)(=O)c1nc(NCC(c2ccccc2)c2ccccc2)c2ncn(C3CCCCO3)c2n1.N#Cc1nc(NCC(c2ccccc2)c2ccccc2)c2ncn(C3CCCCO3)c2n1. The number of fused-ring (bicyclic) bond motifs is 2. The van der Waals surface area contributed by atoms with Crippen LogP contribution in [-0.4, -0.2) is 80.0 Å². The number of hydrogen-bond acceptors (Lipinski definition) is 13. The first-order valence-corrected chi connectivity index (χ1v) is 24.2. The number of hydrogen-bond donors (Lipinski definition) is 2. The third-order valence-corrected chi connectivity index (χ3v) is 12.8. The van der Waals surface area contributed by atoms with Crippen LogP contribution in [0.2, 0.25) is 0 Å². The van der Waals surface area contributed by atoms with Crippen molar-refractivity contribution in [3.8, 4) is 6.07 Å². The second-order valence-electron chi connectivity index (χ2n) is 16.4. The number of nitrogens with zero attached hydrogens (tertiary/aromatic N) is 9. The van der Waals surface area contributed by atoms with Crippen LogP contribution in [0.15, 0.2) is 139 Å². The van der Waals surface area contributed by atoms with Crippen molar-refractivity contribution < 1.29 is 17.9 Å². The van der Waals surface area contributed by atoms with E-state index in [1.807, 2.05) is 81.9 Å². The summed E-state index contributed by atoms with van der Waals surface area (Å²) >= 11 is 0. The van der Waals surface area contributed by atoms with E-state index in [0.29, 0.717) is 53.7 Å². The third kappa shape index (κ3) is 10.1. The lowest BCUT2D eigenvalue weighted by Crippen LogP contribution is -2.19. The molecule has 15 nitrogen and oxygen atoms in total. The zero-order valence-corrected chi connectivity index (χ0v) is 37.5. The van der Waals surface area contributed by atoms with Gasteiger partial charge in [-0.25, -0.2) is 18.4 Å². The molecule has 0 bridgehead atoms. The lowest BCUT2D eigenvalue weighted by molar-refractivity contribution is -0.0299. The largest absolute Gasteiger partial charge is 0.367 e. The van der Waals surface area contributed by atoms with Crippen LogP contribution in [0.25, 0.3) is 22.3 Å². The summed E-state index contributed by atoms with van der Waals surface area (Å²) in [4.78, 5) is 26.7. The monoisotopic (exact) mass is 901 g/mol. The van der Waals surface area contributed by atoms with Crippen LogP contribution in [0.3, 0.4) is 0 Å². The highest BCUT2D eigenvalue weighted by molar-refractivity contribution is 7.90. The van der Waals surface area contributed by atoms with E-state index in [2.05, 4.69) is 95.1 Å². The molecule has 2 aliphatic rings. The van der Waals surface area contributed by atoms with Crippen molar-refractivity contribution in [2.45, 2.75) is 68.0 Å². The Balaban J connectivity index is 0.000000166. The number of anilines is 2. The summed E-state index contributed by atoms with van der Waals surface area (Å²) in [5.41, 5.74) is 6.98. The average molecular weight is 902 g/mol. The lowest BCUT2D eigenvalue weighted by Gasteiger charge is -2.24. The molecular weight excluding hydrogens is 851 g/mol. The standard InChI is InChI=1S/C25H24N6O.C25H27N5O3S/c26-15-21-29-24(23-25(30-21)31(17-28-23)22-13-7-8-14-32-22)27-16-20(18-9-3-1-4-10-18)19-11-5-2-6-12-19;1-34(31,32)25-28-23(22-24(29-25)30(17-27-22)21-14-8-9-15-33-21)26-16-20(18-10-4-2-5-11-18)19-12-6-3-7-13-19/h1-6,9-12,17,20,22H,7-8,13-14,16H2,(H,27,29,30);2-7,10-13,17,20-21H,8-9,14-16H2,1H3,(H,26,28,29). The predicted octanol–water partition coefficient (Wildman–Crippen LogP) is 8.81. The van der Waals surface area contributed by atoms with Gasteiger partial charge in [0.05, 0.1) is 12.7 Å². The van der Waals surface area contributed by atoms with Gasteiger partial charge in [0.25, 0.3) is 5.16 Å². The first-order valence-electron chi connectivity index (χ1n) is 22.3. The highest BCUT2D eigenvalue weighted by atomic mass is 32.2. The minimum absolute atomic E-state index is 0.0397. The van der Waals surface area contributed by atoms with E-state index in [4.69, 9.17) is 9.47 Å². The van der Waals surface area contributed by atoms with Crippen molar-refractivity contribution in [1.29, 1.82) is 5.26 Å². The summed E-state index contributed by atoms with van der Waals surface area (Å²) in [6.45, 7) is 2.50. The quantitative estimate of drug-likeness (QED) is 0.105. The molecule has 6 heterocycles. The number of ether oxygens (including phenoxy) is 2. The Bertz CT molecular complexity index is 2930. The Kier molecular flexibility index (Phi) is 13.7. The molecule has 66 heavy (non-hydrogen) atoms. The summed E-state index contributed by atoms with van der Waals surface area (Å²) in [7, 11) is -3.63. The van der Waals surface area contributed by atoms with E-state index >= 15 is 0 Å². The fraction of sp³-hybridized carbons (Fsp3) is 0.300. The molecule has 2 atom stereocenters. The zero-order valence-electron chi connectivity index (χ0n) is 36.6. The van der Waals surface area contributed by atoms with E-state index in [9.17, 15) is 13.7 Å². The maximum Gasteiger partial charge on any atom is 0.250 e. The Morgan fingerprint density at radius 1 is 0.606 bits per heavy atom. The van der Waals surface area contributed by atoms with E-state index in [-0.39, 0.29) is 35.3 Å². The molecule has 2 unspecified atom stereocenters. The molecule has 16 heteroatoms. The fourth-order valence-electron chi connectivity index (χ4n) is 8.58. The van der Waals surface area contributed by atoms with Gasteiger partial charge in [-0.3, -0.25) is 9.13 Å². The molecule has 8 aromatic rings. The molecule has 0 radical (unpaired) electrons. The van der Waals surface area contributed by atoms with E-state index in [0.717, 1.165) is 62.5 Å². The molecule has 0 amide bonds. The van der Waals surface area contributed by atoms with Crippen molar-refractivity contribution in [2.75, 3.05) is 43.2 Å². The minimum Gasteiger partial charge on any atom is -0.367 e.